The van der Waals surface area contributed by atoms with E-state index < -0.39 is 15.8 Å². The second kappa shape index (κ2) is 7.30. The molecule has 0 bridgehead atoms. The monoisotopic (exact) mass is 462 g/mol. The molecule has 2 aromatic carbocycles. The van der Waals surface area contributed by atoms with Gasteiger partial charge in [-0.2, -0.15) is 0 Å². The van der Waals surface area contributed by atoms with E-state index in [2.05, 4.69) is 0 Å². The lowest BCUT2D eigenvalue weighted by atomic mass is 10.1. The molecule has 0 atom stereocenters. The number of fused-ring (bicyclic) bond motifs is 2. The Morgan fingerprint density at radius 3 is 2.60 bits per heavy atom. The average Bonchev–Trinajstić information content (AvgIpc) is 3.02. The lowest BCUT2D eigenvalue weighted by molar-refractivity contribution is 0.0533. The molecule has 3 aromatic rings. The third-order valence-electron chi connectivity index (χ3n) is 4.87. The number of hydrogen-bond donors (Lipinski definition) is 1. The van der Waals surface area contributed by atoms with Crippen molar-refractivity contribution < 1.29 is 17.9 Å². The number of nitrogens with two attached hydrogens (primary N) is 1. The number of aryl methyl sites for hydroxylation is 2. The molecule has 0 spiro atoms. The molecule has 0 aliphatic carbocycles. The molecule has 6 nitrogen and oxygen atoms in total. The summed E-state index contributed by atoms with van der Waals surface area (Å²) < 4.78 is 32.0. The molecule has 156 valence electrons. The Kier molecular flexibility index (Phi) is 5.04. The van der Waals surface area contributed by atoms with E-state index in [0.29, 0.717) is 15.7 Å². The highest BCUT2D eigenvalue weighted by Crippen LogP contribution is 2.55. The van der Waals surface area contributed by atoms with E-state index in [1.54, 1.807) is 13.0 Å². The van der Waals surface area contributed by atoms with Gasteiger partial charge >= 0.3 is 5.97 Å². The number of benzene rings is 2. The van der Waals surface area contributed by atoms with Crippen LogP contribution >= 0.6 is 22.9 Å². The van der Waals surface area contributed by atoms with Gasteiger partial charge < -0.3 is 10.5 Å². The summed E-state index contributed by atoms with van der Waals surface area (Å²) in [7, 11) is -3.96. The van der Waals surface area contributed by atoms with E-state index in [0.717, 1.165) is 28.2 Å². The highest BCUT2D eigenvalue weighted by molar-refractivity contribution is 7.92. The summed E-state index contributed by atoms with van der Waals surface area (Å²) in [5, 5.41) is 0.747. The number of nitrogens with zero attached hydrogens (tertiary/aromatic N) is 1. The Labute approximate surface area is 183 Å². The topological polar surface area (TPSA) is 89.7 Å². The Hall–Kier alpha value is -2.55. The van der Waals surface area contributed by atoms with Crippen molar-refractivity contribution >= 4 is 60.8 Å². The molecule has 0 amide bonds. The van der Waals surface area contributed by atoms with Crippen LogP contribution < -0.4 is 10.6 Å². The third kappa shape index (κ3) is 3.07. The number of carbonyl (C=O) groups is 1. The van der Waals surface area contributed by atoms with Crippen molar-refractivity contribution in [3.8, 4) is 0 Å². The molecule has 30 heavy (non-hydrogen) atoms. The maximum absolute atomic E-state index is 13.5. The number of ether oxygens (including phenoxy) is 1. The number of nitrogen functional groups attached to an aromatic ring is 1. The number of halogens is 1. The van der Waals surface area contributed by atoms with Crippen molar-refractivity contribution in [3.63, 3.8) is 0 Å². The molecule has 0 unspecified atom stereocenters. The van der Waals surface area contributed by atoms with Crippen LogP contribution in [0.3, 0.4) is 0 Å². The quantitative estimate of drug-likeness (QED) is 0.410. The van der Waals surface area contributed by atoms with Gasteiger partial charge in [0, 0.05) is 5.02 Å². The summed E-state index contributed by atoms with van der Waals surface area (Å²) in [6, 6.07) is 10.5. The van der Waals surface area contributed by atoms with Crippen LogP contribution in [-0.2, 0) is 14.6 Å². The van der Waals surface area contributed by atoms with E-state index in [1.165, 1.54) is 12.1 Å². The lowest BCUT2D eigenvalue weighted by Gasteiger charge is -2.32. The fourth-order valence-electron chi connectivity index (χ4n) is 3.48. The fraction of sp³-hybridized carbons (Fsp3) is 0.190. The molecule has 0 saturated carbocycles. The summed E-state index contributed by atoms with van der Waals surface area (Å²) in [4.78, 5) is 14.3. The first kappa shape index (κ1) is 20.7. The molecule has 0 radical (unpaired) electrons. The maximum Gasteiger partial charge on any atom is 0.350 e. The van der Waals surface area contributed by atoms with Gasteiger partial charge in [0.05, 0.1) is 28.6 Å². The van der Waals surface area contributed by atoms with E-state index in [9.17, 15) is 13.2 Å². The molecule has 1 aliphatic heterocycles. The van der Waals surface area contributed by atoms with Crippen LogP contribution in [-0.4, -0.2) is 21.0 Å². The van der Waals surface area contributed by atoms with E-state index in [-0.39, 0.29) is 27.0 Å². The second-order valence-electron chi connectivity index (χ2n) is 6.94. The zero-order valence-corrected chi connectivity index (χ0v) is 18.9. The molecule has 2 heterocycles. The molecule has 2 N–H and O–H groups in total. The number of esters is 1. The molecule has 1 aromatic heterocycles. The molecular weight excluding hydrogens is 444 g/mol. The number of thiophene rings is 1. The van der Waals surface area contributed by atoms with E-state index >= 15 is 0 Å². The molecule has 0 saturated heterocycles. The largest absolute Gasteiger partial charge is 0.462 e. The minimum absolute atomic E-state index is 0.0691. The smallest absolute Gasteiger partial charge is 0.350 e. The first-order valence-corrected chi connectivity index (χ1v) is 11.9. The number of hydrogen-bond acceptors (Lipinski definition) is 7. The second-order valence-corrected chi connectivity index (χ2v) is 10.2. The normalized spacial score (nSPS) is 14.2. The van der Waals surface area contributed by atoms with Crippen molar-refractivity contribution in [2.45, 2.75) is 30.6 Å². The van der Waals surface area contributed by atoms with Crippen LogP contribution in [0.1, 0.15) is 27.7 Å². The number of sulfone groups is 1. The van der Waals surface area contributed by atoms with Crippen LogP contribution in [0.25, 0.3) is 0 Å². The van der Waals surface area contributed by atoms with Crippen molar-refractivity contribution in [2.75, 3.05) is 17.2 Å². The summed E-state index contributed by atoms with van der Waals surface area (Å²) in [6.07, 6.45) is 0. The van der Waals surface area contributed by atoms with E-state index in [1.807, 2.05) is 36.9 Å². The molecule has 0 fully saturated rings. The summed E-state index contributed by atoms with van der Waals surface area (Å²) >= 11 is 7.24. The standard InChI is InChI=1S/C21H19ClN2O4S2/c1-4-28-21(25)18-17(23)19-20(29-18)24(14-9-11(2)5-6-12(14)3)15-10-13(22)7-8-16(15)30(19,26)27/h5-10H,4,23H2,1-3H3. The SMILES string of the molecule is CCOC(=O)c1sc2c(c1N)S(=O)(=O)c1ccc(Cl)cc1N2c1cc(C)ccc1C. The van der Waals surface area contributed by atoms with Crippen molar-refractivity contribution in [3.05, 3.63) is 57.4 Å². The van der Waals surface area contributed by atoms with Gasteiger partial charge in [-0.15, -0.1) is 11.3 Å². The van der Waals surface area contributed by atoms with Crippen LogP contribution in [0.5, 0.6) is 0 Å². The van der Waals surface area contributed by atoms with Gasteiger partial charge in [-0.25, -0.2) is 13.2 Å². The molecule has 4 rings (SSSR count). The number of anilines is 4. The number of rotatable bonds is 3. The zero-order chi connectivity index (χ0) is 21.8. The summed E-state index contributed by atoms with van der Waals surface area (Å²) in [5.74, 6) is -0.646. The van der Waals surface area contributed by atoms with Gasteiger partial charge in [0.1, 0.15) is 14.8 Å². The van der Waals surface area contributed by atoms with Gasteiger partial charge in [0.2, 0.25) is 9.84 Å². The molecule has 9 heteroatoms. The zero-order valence-electron chi connectivity index (χ0n) is 16.5. The predicted octanol–water partition coefficient (Wildman–Crippen LogP) is 5.39. The highest BCUT2D eigenvalue weighted by atomic mass is 35.5. The van der Waals surface area contributed by atoms with Crippen LogP contribution in [0, 0.1) is 13.8 Å². The van der Waals surface area contributed by atoms with E-state index in [4.69, 9.17) is 22.1 Å². The van der Waals surface area contributed by atoms with Crippen LogP contribution in [0.15, 0.2) is 46.2 Å². The van der Waals surface area contributed by atoms with Gasteiger partial charge in [-0.05, 0) is 56.2 Å². The van der Waals surface area contributed by atoms with Crippen LogP contribution in [0.2, 0.25) is 5.02 Å². The highest BCUT2D eigenvalue weighted by Gasteiger charge is 2.41. The van der Waals surface area contributed by atoms with Gasteiger partial charge in [-0.3, -0.25) is 4.90 Å². The van der Waals surface area contributed by atoms with Crippen LogP contribution in [0.4, 0.5) is 22.1 Å². The first-order chi connectivity index (χ1) is 14.2. The lowest BCUT2D eigenvalue weighted by Crippen LogP contribution is -2.22. The Morgan fingerprint density at radius 1 is 1.17 bits per heavy atom. The van der Waals surface area contributed by atoms with Gasteiger partial charge in [0.25, 0.3) is 0 Å². The van der Waals surface area contributed by atoms with Crippen molar-refractivity contribution in [1.82, 2.24) is 0 Å². The minimum atomic E-state index is -3.96. The first-order valence-electron chi connectivity index (χ1n) is 9.18. The van der Waals surface area contributed by atoms with Crippen molar-refractivity contribution in [1.29, 1.82) is 0 Å². The third-order valence-corrected chi connectivity index (χ3v) is 8.28. The fourth-order valence-corrected chi connectivity index (χ4v) is 6.81. The Balaban J connectivity index is 2.10. The molecular formula is C21H19ClN2O4S2. The molecule has 1 aliphatic rings. The average molecular weight is 463 g/mol. The van der Waals surface area contributed by atoms with Gasteiger partial charge in [-0.1, -0.05) is 23.7 Å². The van der Waals surface area contributed by atoms with Gasteiger partial charge in [0.15, 0.2) is 0 Å². The number of carbonyl (C=O) groups excluding carboxylic acids is 1. The minimum Gasteiger partial charge on any atom is -0.462 e. The maximum atomic E-state index is 13.5. The summed E-state index contributed by atoms with van der Waals surface area (Å²) in [5.41, 5.74) is 9.25. The predicted molar refractivity (Wildman–Crippen MR) is 119 cm³/mol. The van der Waals surface area contributed by atoms with Crippen molar-refractivity contribution in [2.24, 2.45) is 0 Å². The summed E-state index contributed by atoms with van der Waals surface area (Å²) in [6.45, 7) is 5.73. The Bertz CT molecular complexity index is 1300. The Morgan fingerprint density at radius 2 is 1.90 bits per heavy atom.